The third-order valence-electron chi connectivity index (χ3n) is 3.45. The number of H-pyrrole nitrogens is 1. The Bertz CT molecular complexity index is 851. The summed E-state index contributed by atoms with van der Waals surface area (Å²) in [5.41, 5.74) is 2.78. The van der Waals surface area contributed by atoms with Crippen molar-refractivity contribution in [2.24, 2.45) is 0 Å². The van der Waals surface area contributed by atoms with Crippen LogP contribution in [0.25, 0.3) is 5.65 Å². The molecule has 0 aliphatic rings. The second kappa shape index (κ2) is 5.46. The molecule has 2 N–H and O–H groups in total. The zero-order valence-electron chi connectivity index (χ0n) is 12.5. The number of aryl methyl sites for hydroxylation is 2. The normalized spacial score (nSPS) is 12.5. The maximum atomic E-state index is 12.6. The van der Waals surface area contributed by atoms with Gasteiger partial charge in [0, 0.05) is 18.1 Å². The average molecular weight is 318 g/mol. The van der Waals surface area contributed by atoms with Gasteiger partial charge in [-0.25, -0.2) is 9.97 Å². The van der Waals surface area contributed by atoms with E-state index in [1.54, 1.807) is 35.9 Å². The number of halogens is 1. The van der Waals surface area contributed by atoms with Crippen LogP contribution in [0.5, 0.6) is 0 Å². The summed E-state index contributed by atoms with van der Waals surface area (Å²) in [5, 5.41) is 3.48. The predicted molar refractivity (Wildman–Crippen MR) is 84.1 cm³/mol. The van der Waals surface area contributed by atoms with E-state index in [4.69, 9.17) is 11.6 Å². The number of fused-ring (bicyclic) bond motifs is 1. The number of carbonyl (C=O) groups excluding carboxylic acids is 1. The van der Waals surface area contributed by atoms with Crippen molar-refractivity contribution in [3.8, 4) is 0 Å². The van der Waals surface area contributed by atoms with Gasteiger partial charge in [0.15, 0.2) is 0 Å². The fraction of sp³-hybridized carbons (Fsp3) is 0.267. The largest absolute Gasteiger partial charge is 0.344 e. The van der Waals surface area contributed by atoms with E-state index in [0.717, 1.165) is 11.5 Å². The molecule has 0 aliphatic heterocycles. The summed E-state index contributed by atoms with van der Waals surface area (Å²) >= 11 is 6.01. The average Bonchev–Trinajstić information content (AvgIpc) is 3.01. The van der Waals surface area contributed by atoms with Gasteiger partial charge >= 0.3 is 0 Å². The fourth-order valence-corrected chi connectivity index (χ4v) is 2.56. The predicted octanol–water partition coefficient (Wildman–Crippen LogP) is 2.82. The van der Waals surface area contributed by atoms with Gasteiger partial charge < -0.3 is 10.3 Å². The van der Waals surface area contributed by atoms with Crippen LogP contribution in [0, 0.1) is 13.8 Å². The van der Waals surface area contributed by atoms with E-state index in [0.29, 0.717) is 22.1 Å². The maximum Gasteiger partial charge on any atom is 0.270 e. The lowest BCUT2D eigenvalue weighted by Gasteiger charge is -2.12. The third kappa shape index (κ3) is 2.57. The molecule has 0 spiro atoms. The van der Waals surface area contributed by atoms with Crippen molar-refractivity contribution in [2.45, 2.75) is 26.8 Å². The van der Waals surface area contributed by atoms with Gasteiger partial charge in [0.25, 0.3) is 5.91 Å². The summed E-state index contributed by atoms with van der Waals surface area (Å²) in [6.45, 7) is 5.60. The van der Waals surface area contributed by atoms with Gasteiger partial charge in [-0.15, -0.1) is 0 Å². The molecule has 3 heterocycles. The van der Waals surface area contributed by atoms with E-state index >= 15 is 0 Å². The summed E-state index contributed by atoms with van der Waals surface area (Å²) in [7, 11) is 0. The molecule has 0 saturated heterocycles. The lowest BCUT2D eigenvalue weighted by atomic mass is 10.2. The van der Waals surface area contributed by atoms with Gasteiger partial charge in [0.2, 0.25) is 0 Å². The molecule has 3 rings (SSSR count). The molecule has 1 atom stereocenters. The first kappa shape index (κ1) is 14.6. The highest BCUT2D eigenvalue weighted by Gasteiger charge is 2.20. The van der Waals surface area contributed by atoms with E-state index in [1.807, 2.05) is 13.8 Å². The quantitative estimate of drug-likeness (QED) is 0.780. The highest BCUT2D eigenvalue weighted by Crippen LogP contribution is 2.17. The molecule has 0 bridgehead atoms. The summed E-state index contributed by atoms with van der Waals surface area (Å²) < 4.78 is 1.70. The van der Waals surface area contributed by atoms with Crippen LogP contribution in [0.2, 0.25) is 5.02 Å². The molecule has 0 saturated carbocycles. The molecule has 1 amide bonds. The zero-order valence-corrected chi connectivity index (χ0v) is 13.3. The standard InChI is InChI=1S/C15H16ClN5O/c1-8-6-17-14(18-8)10(3)20-15(22)13-9(2)19-12-5-4-11(16)7-21(12)13/h4-7,10H,1-3H3,(H,17,18)(H,20,22)/t10-/m0/s1. The number of carbonyl (C=O) groups is 1. The van der Waals surface area contributed by atoms with Gasteiger partial charge in [-0.05, 0) is 32.9 Å². The molecule has 0 aliphatic carbocycles. The Morgan fingerprint density at radius 1 is 1.41 bits per heavy atom. The van der Waals surface area contributed by atoms with Crippen molar-refractivity contribution in [3.63, 3.8) is 0 Å². The summed E-state index contributed by atoms with van der Waals surface area (Å²) in [6.07, 6.45) is 3.42. The van der Waals surface area contributed by atoms with Crippen LogP contribution in [0.3, 0.4) is 0 Å². The minimum absolute atomic E-state index is 0.214. The van der Waals surface area contributed by atoms with Crippen molar-refractivity contribution in [2.75, 3.05) is 0 Å². The monoisotopic (exact) mass is 317 g/mol. The Kier molecular flexibility index (Phi) is 3.62. The Morgan fingerprint density at radius 2 is 2.18 bits per heavy atom. The Morgan fingerprint density at radius 3 is 2.86 bits per heavy atom. The number of pyridine rings is 1. The molecule has 6 nitrogen and oxygen atoms in total. The summed E-state index contributed by atoms with van der Waals surface area (Å²) in [4.78, 5) is 24.3. The van der Waals surface area contributed by atoms with E-state index in [9.17, 15) is 4.79 Å². The Balaban J connectivity index is 1.92. The van der Waals surface area contributed by atoms with Gasteiger partial charge in [-0.3, -0.25) is 9.20 Å². The highest BCUT2D eigenvalue weighted by molar-refractivity contribution is 6.30. The fourth-order valence-electron chi connectivity index (χ4n) is 2.40. The molecular formula is C15H16ClN5O. The molecule has 114 valence electrons. The van der Waals surface area contributed by atoms with Crippen molar-refractivity contribution in [3.05, 3.63) is 52.5 Å². The van der Waals surface area contributed by atoms with E-state index in [1.165, 1.54) is 0 Å². The number of aromatic amines is 1. The van der Waals surface area contributed by atoms with Crippen molar-refractivity contribution >= 4 is 23.2 Å². The van der Waals surface area contributed by atoms with E-state index < -0.39 is 0 Å². The smallest absolute Gasteiger partial charge is 0.270 e. The molecule has 22 heavy (non-hydrogen) atoms. The van der Waals surface area contributed by atoms with Crippen molar-refractivity contribution < 1.29 is 4.79 Å². The van der Waals surface area contributed by atoms with Gasteiger partial charge in [0.1, 0.15) is 17.2 Å². The van der Waals surface area contributed by atoms with Crippen LogP contribution < -0.4 is 5.32 Å². The number of aromatic nitrogens is 4. The Labute approximate surface area is 132 Å². The molecule has 0 radical (unpaired) electrons. The number of hydrogen-bond donors (Lipinski definition) is 2. The number of nitrogens with one attached hydrogen (secondary N) is 2. The number of rotatable bonds is 3. The van der Waals surface area contributed by atoms with Gasteiger partial charge in [-0.1, -0.05) is 11.6 Å². The molecule has 3 aromatic heterocycles. The minimum Gasteiger partial charge on any atom is -0.344 e. The highest BCUT2D eigenvalue weighted by atomic mass is 35.5. The summed E-state index contributed by atoms with van der Waals surface area (Å²) in [6, 6.07) is 3.30. The zero-order chi connectivity index (χ0) is 15.9. The van der Waals surface area contributed by atoms with Gasteiger partial charge in [-0.2, -0.15) is 0 Å². The number of nitrogens with zero attached hydrogens (tertiary/aromatic N) is 3. The molecule has 0 fully saturated rings. The van der Waals surface area contributed by atoms with Crippen LogP contribution in [-0.4, -0.2) is 25.3 Å². The van der Waals surface area contributed by atoms with Crippen LogP contribution in [0.15, 0.2) is 24.5 Å². The minimum atomic E-state index is -0.231. The first-order valence-electron chi connectivity index (χ1n) is 6.92. The first-order chi connectivity index (χ1) is 10.5. The van der Waals surface area contributed by atoms with Crippen LogP contribution in [0.1, 0.15) is 40.7 Å². The Hall–Kier alpha value is -2.34. The van der Waals surface area contributed by atoms with Crippen LogP contribution in [0.4, 0.5) is 0 Å². The molecule has 0 unspecified atom stereocenters. The van der Waals surface area contributed by atoms with E-state index in [-0.39, 0.29) is 11.9 Å². The maximum absolute atomic E-state index is 12.6. The van der Waals surface area contributed by atoms with E-state index in [2.05, 4.69) is 20.3 Å². The van der Waals surface area contributed by atoms with Crippen molar-refractivity contribution in [1.82, 2.24) is 24.7 Å². The molecule has 3 aromatic rings. The summed E-state index contributed by atoms with van der Waals surface area (Å²) in [5.74, 6) is 0.504. The van der Waals surface area contributed by atoms with Gasteiger partial charge in [0.05, 0.1) is 16.8 Å². The second-order valence-electron chi connectivity index (χ2n) is 5.27. The number of imidazole rings is 2. The van der Waals surface area contributed by atoms with Crippen LogP contribution >= 0.6 is 11.6 Å². The van der Waals surface area contributed by atoms with Crippen LogP contribution in [-0.2, 0) is 0 Å². The van der Waals surface area contributed by atoms with Crippen molar-refractivity contribution in [1.29, 1.82) is 0 Å². The molecule has 7 heteroatoms. The number of amides is 1. The number of hydrogen-bond acceptors (Lipinski definition) is 3. The first-order valence-corrected chi connectivity index (χ1v) is 7.30. The molecule has 0 aromatic carbocycles. The molecular weight excluding hydrogens is 302 g/mol. The third-order valence-corrected chi connectivity index (χ3v) is 3.68. The lowest BCUT2D eigenvalue weighted by molar-refractivity contribution is 0.0932. The SMILES string of the molecule is Cc1cnc([C@H](C)NC(=O)c2c(C)nc3ccc(Cl)cn23)[nH]1. The lowest BCUT2D eigenvalue weighted by Crippen LogP contribution is -2.29. The second-order valence-corrected chi connectivity index (χ2v) is 5.70. The topological polar surface area (TPSA) is 75.1 Å².